The molecule has 0 aliphatic carbocycles. The van der Waals surface area contributed by atoms with Crippen molar-refractivity contribution in [3.8, 4) is 6.07 Å². The van der Waals surface area contributed by atoms with Crippen molar-refractivity contribution in [1.82, 2.24) is 4.72 Å². The maximum absolute atomic E-state index is 12.0. The summed E-state index contributed by atoms with van der Waals surface area (Å²) >= 11 is 1.43. The fraction of sp³-hybridized carbons (Fsp3) is 0.417. The van der Waals surface area contributed by atoms with Crippen LogP contribution in [0.3, 0.4) is 0 Å². The second kappa shape index (κ2) is 6.39. The number of aliphatic hydroxyl groups is 1. The van der Waals surface area contributed by atoms with Crippen molar-refractivity contribution in [2.75, 3.05) is 18.6 Å². The number of hydrogen-bond donors (Lipinski definition) is 2. The summed E-state index contributed by atoms with van der Waals surface area (Å²) in [7, 11) is -3.71. The van der Waals surface area contributed by atoms with Crippen LogP contribution in [0.25, 0.3) is 0 Å². The van der Waals surface area contributed by atoms with E-state index in [1.54, 1.807) is 6.92 Å². The zero-order chi connectivity index (χ0) is 14.5. The maximum atomic E-state index is 12.0. The fourth-order valence-electron chi connectivity index (χ4n) is 1.43. The Hall–Kier alpha value is -1.07. The molecule has 0 aliphatic heterocycles. The molecule has 0 spiro atoms. The van der Waals surface area contributed by atoms with E-state index in [0.717, 1.165) is 0 Å². The largest absolute Gasteiger partial charge is 0.388 e. The van der Waals surface area contributed by atoms with E-state index in [1.165, 1.54) is 36.0 Å². The first-order chi connectivity index (χ1) is 8.80. The standard InChI is InChI=1S/C12H16N2O3S2/c1-12(15,9-18-2)8-14-19(16,17)11-5-3-4-10(6-11)7-13/h3-6,14-15H,8-9H2,1-2H3. The molecule has 104 valence electrons. The van der Waals surface area contributed by atoms with Crippen LogP contribution in [-0.2, 0) is 10.0 Å². The highest BCUT2D eigenvalue weighted by Crippen LogP contribution is 2.13. The summed E-state index contributed by atoms with van der Waals surface area (Å²) in [5, 5.41) is 18.7. The normalized spacial score (nSPS) is 14.6. The first-order valence-corrected chi connectivity index (χ1v) is 8.39. The van der Waals surface area contributed by atoms with Gasteiger partial charge >= 0.3 is 0 Å². The third-order valence-electron chi connectivity index (χ3n) is 2.37. The third kappa shape index (κ3) is 4.84. The van der Waals surface area contributed by atoms with E-state index < -0.39 is 15.6 Å². The molecule has 19 heavy (non-hydrogen) atoms. The van der Waals surface area contributed by atoms with Gasteiger partial charge in [0.15, 0.2) is 0 Å². The number of nitrogens with one attached hydrogen (secondary N) is 1. The number of sulfonamides is 1. The number of nitrogens with zero attached hydrogens (tertiary/aromatic N) is 1. The maximum Gasteiger partial charge on any atom is 0.240 e. The minimum Gasteiger partial charge on any atom is -0.388 e. The van der Waals surface area contributed by atoms with Gasteiger partial charge in [-0.15, -0.1) is 0 Å². The lowest BCUT2D eigenvalue weighted by atomic mass is 10.1. The zero-order valence-electron chi connectivity index (χ0n) is 10.8. The molecule has 5 nitrogen and oxygen atoms in total. The minimum atomic E-state index is -3.71. The van der Waals surface area contributed by atoms with Crippen LogP contribution in [-0.4, -0.2) is 37.7 Å². The van der Waals surface area contributed by atoms with Gasteiger partial charge in [-0.25, -0.2) is 13.1 Å². The smallest absolute Gasteiger partial charge is 0.240 e. The van der Waals surface area contributed by atoms with Crippen molar-refractivity contribution in [2.24, 2.45) is 0 Å². The summed E-state index contributed by atoms with van der Waals surface area (Å²) in [6.45, 7) is 1.49. The lowest BCUT2D eigenvalue weighted by molar-refractivity contribution is 0.0908. The second-order valence-electron chi connectivity index (χ2n) is 4.39. The van der Waals surface area contributed by atoms with Crippen LogP contribution in [0.1, 0.15) is 12.5 Å². The summed E-state index contributed by atoms with van der Waals surface area (Å²) in [4.78, 5) is 0.0199. The molecule has 0 bridgehead atoms. The zero-order valence-corrected chi connectivity index (χ0v) is 12.4. The molecule has 1 aromatic rings. The molecule has 0 amide bonds. The highest BCUT2D eigenvalue weighted by molar-refractivity contribution is 7.98. The van der Waals surface area contributed by atoms with Gasteiger partial charge in [-0.3, -0.25) is 0 Å². The van der Waals surface area contributed by atoms with Gasteiger partial charge in [0, 0.05) is 12.3 Å². The summed E-state index contributed by atoms with van der Waals surface area (Å²) in [6, 6.07) is 7.63. The Balaban J connectivity index is 2.85. The third-order valence-corrected chi connectivity index (χ3v) is 4.68. The van der Waals surface area contributed by atoms with Crippen LogP contribution >= 0.6 is 11.8 Å². The summed E-state index contributed by atoms with van der Waals surface area (Å²) < 4.78 is 26.4. The minimum absolute atomic E-state index is 0.0199. The molecule has 1 aromatic carbocycles. The van der Waals surface area contributed by atoms with Crippen LogP contribution < -0.4 is 4.72 Å². The van der Waals surface area contributed by atoms with Crippen LogP contribution in [0.2, 0.25) is 0 Å². The van der Waals surface area contributed by atoms with E-state index in [-0.39, 0.29) is 17.0 Å². The second-order valence-corrected chi connectivity index (χ2v) is 7.03. The van der Waals surface area contributed by atoms with Gasteiger partial charge in [0.2, 0.25) is 10.0 Å². The quantitative estimate of drug-likeness (QED) is 0.816. The van der Waals surface area contributed by atoms with Crippen molar-refractivity contribution in [3.63, 3.8) is 0 Å². The lowest BCUT2D eigenvalue weighted by Gasteiger charge is -2.22. The van der Waals surface area contributed by atoms with Gasteiger partial charge in [-0.05, 0) is 31.4 Å². The van der Waals surface area contributed by atoms with Gasteiger partial charge in [0.05, 0.1) is 22.1 Å². The van der Waals surface area contributed by atoms with E-state index >= 15 is 0 Å². The Morgan fingerprint density at radius 2 is 2.21 bits per heavy atom. The van der Waals surface area contributed by atoms with Crippen LogP contribution in [0.5, 0.6) is 0 Å². The van der Waals surface area contributed by atoms with E-state index in [2.05, 4.69) is 4.72 Å². The van der Waals surface area contributed by atoms with Crippen LogP contribution in [0.4, 0.5) is 0 Å². The Morgan fingerprint density at radius 3 is 2.79 bits per heavy atom. The van der Waals surface area contributed by atoms with Crippen LogP contribution in [0.15, 0.2) is 29.2 Å². The van der Waals surface area contributed by atoms with Crippen LogP contribution in [0, 0.1) is 11.3 Å². The highest BCUT2D eigenvalue weighted by Gasteiger charge is 2.23. The molecule has 0 saturated carbocycles. The fourth-order valence-corrected chi connectivity index (χ4v) is 3.36. The first-order valence-electron chi connectivity index (χ1n) is 5.52. The summed E-state index contributed by atoms with van der Waals surface area (Å²) in [5.74, 6) is 0.424. The Morgan fingerprint density at radius 1 is 1.53 bits per heavy atom. The predicted octanol–water partition coefficient (Wildman–Crippen LogP) is 0.951. The van der Waals surface area contributed by atoms with Gasteiger partial charge < -0.3 is 5.11 Å². The van der Waals surface area contributed by atoms with Gasteiger partial charge in [0.1, 0.15) is 0 Å². The first kappa shape index (κ1) is 16.0. The van der Waals surface area contributed by atoms with Crippen molar-refractivity contribution in [2.45, 2.75) is 17.4 Å². The molecule has 0 aliphatic rings. The number of thioether (sulfide) groups is 1. The van der Waals surface area contributed by atoms with Gasteiger partial charge in [-0.1, -0.05) is 6.07 Å². The number of rotatable bonds is 6. The Bertz CT molecular complexity index is 577. The Labute approximate surface area is 117 Å². The molecular weight excluding hydrogens is 284 g/mol. The number of benzene rings is 1. The van der Waals surface area contributed by atoms with E-state index in [1.807, 2.05) is 12.3 Å². The molecule has 1 rings (SSSR count). The molecule has 0 fully saturated rings. The van der Waals surface area contributed by atoms with E-state index in [9.17, 15) is 13.5 Å². The van der Waals surface area contributed by atoms with Crippen molar-refractivity contribution >= 4 is 21.8 Å². The van der Waals surface area contributed by atoms with Crippen molar-refractivity contribution < 1.29 is 13.5 Å². The summed E-state index contributed by atoms with van der Waals surface area (Å²) in [6.07, 6.45) is 1.83. The topological polar surface area (TPSA) is 90.2 Å². The van der Waals surface area contributed by atoms with E-state index in [0.29, 0.717) is 5.75 Å². The highest BCUT2D eigenvalue weighted by atomic mass is 32.2. The monoisotopic (exact) mass is 300 g/mol. The Kier molecular flexibility index (Phi) is 5.38. The predicted molar refractivity (Wildman–Crippen MR) is 75.4 cm³/mol. The average Bonchev–Trinajstić information content (AvgIpc) is 2.37. The molecule has 0 saturated heterocycles. The molecule has 7 heteroatoms. The molecule has 0 radical (unpaired) electrons. The molecule has 1 atom stereocenters. The molecule has 0 aromatic heterocycles. The van der Waals surface area contributed by atoms with Crippen molar-refractivity contribution in [3.05, 3.63) is 29.8 Å². The SMILES string of the molecule is CSCC(C)(O)CNS(=O)(=O)c1cccc(C#N)c1. The average molecular weight is 300 g/mol. The molecular formula is C12H16N2O3S2. The molecule has 1 unspecified atom stereocenters. The number of hydrogen-bond acceptors (Lipinski definition) is 5. The molecule has 2 N–H and O–H groups in total. The number of nitriles is 1. The molecule has 0 heterocycles. The van der Waals surface area contributed by atoms with E-state index in [4.69, 9.17) is 5.26 Å². The lowest BCUT2D eigenvalue weighted by Crippen LogP contribution is -2.42. The van der Waals surface area contributed by atoms with Gasteiger partial charge in [0.25, 0.3) is 0 Å². The van der Waals surface area contributed by atoms with Gasteiger partial charge in [-0.2, -0.15) is 17.0 Å². The summed E-state index contributed by atoms with van der Waals surface area (Å²) in [5.41, 5.74) is -0.835. The van der Waals surface area contributed by atoms with Crippen molar-refractivity contribution in [1.29, 1.82) is 5.26 Å².